The minimum absolute atomic E-state index is 0.0586. The van der Waals surface area contributed by atoms with Crippen LogP contribution in [0.15, 0.2) is 59.8 Å². The molecule has 0 saturated carbocycles. The number of para-hydroxylation sites is 3. The molecule has 0 radical (unpaired) electrons. The molecule has 2 aromatic carbocycles. The molecule has 0 saturated heterocycles. The molecule has 1 aromatic heterocycles. The molecule has 0 bridgehead atoms. The summed E-state index contributed by atoms with van der Waals surface area (Å²) in [5, 5.41) is 0.857. The van der Waals surface area contributed by atoms with Crippen LogP contribution >= 0.6 is 11.8 Å². The number of benzene rings is 2. The number of carbonyl (C=O) groups is 1. The van der Waals surface area contributed by atoms with E-state index in [0.717, 1.165) is 21.9 Å². The Balaban J connectivity index is 1.71. The van der Waals surface area contributed by atoms with Gasteiger partial charge in [-0.2, -0.15) is 0 Å². The molecule has 0 aliphatic rings. The van der Waals surface area contributed by atoms with Crippen molar-refractivity contribution >= 4 is 34.4 Å². The van der Waals surface area contributed by atoms with Crippen LogP contribution < -0.4 is 4.90 Å². The van der Waals surface area contributed by atoms with E-state index in [-0.39, 0.29) is 5.91 Å². The maximum absolute atomic E-state index is 12.3. The molecule has 0 spiro atoms. The fourth-order valence-electron chi connectivity index (χ4n) is 2.27. The molecule has 0 aliphatic carbocycles. The molecule has 3 rings (SSSR count). The van der Waals surface area contributed by atoms with Gasteiger partial charge in [-0.1, -0.05) is 42.1 Å². The van der Waals surface area contributed by atoms with Crippen LogP contribution in [0.25, 0.3) is 11.0 Å². The highest BCUT2D eigenvalue weighted by Gasteiger charge is 2.14. The molecule has 112 valence electrons. The Bertz CT molecular complexity index is 798. The molecule has 0 atom stereocenters. The molecule has 1 heterocycles. The lowest BCUT2D eigenvalue weighted by Gasteiger charge is -2.16. The van der Waals surface area contributed by atoms with Gasteiger partial charge in [-0.25, -0.2) is 4.98 Å². The van der Waals surface area contributed by atoms with E-state index in [4.69, 9.17) is 0 Å². The summed E-state index contributed by atoms with van der Waals surface area (Å²) in [6, 6.07) is 17.6. The van der Waals surface area contributed by atoms with Crippen LogP contribution in [0.2, 0.25) is 0 Å². The van der Waals surface area contributed by atoms with E-state index in [9.17, 15) is 4.79 Å². The average Bonchev–Trinajstić information content (AvgIpc) is 2.89. The highest BCUT2D eigenvalue weighted by Crippen LogP contribution is 2.23. The lowest BCUT2D eigenvalue weighted by atomic mass is 10.3. The predicted octanol–water partition coefficient (Wildman–Crippen LogP) is 3.33. The number of amides is 1. The summed E-state index contributed by atoms with van der Waals surface area (Å²) < 4.78 is 2.02. The third-order valence-corrected chi connectivity index (χ3v) is 4.60. The molecule has 4 nitrogen and oxygen atoms in total. The fraction of sp³-hybridized carbons (Fsp3) is 0.176. The number of aromatic nitrogens is 2. The number of fused-ring (bicyclic) bond motifs is 1. The fourth-order valence-corrected chi connectivity index (χ4v) is 3.17. The van der Waals surface area contributed by atoms with Crippen molar-refractivity contribution in [2.45, 2.75) is 5.16 Å². The van der Waals surface area contributed by atoms with Crippen LogP contribution in [0, 0.1) is 0 Å². The molecule has 0 N–H and O–H groups in total. The number of imidazole rings is 1. The SMILES string of the molecule is CN(C(=O)CSc1nc2ccccc2n1C)c1ccccc1. The van der Waals surface area contributed by atoms with E-state index in [2.05, 4.69) is 4.98 Å². The molecule has 0 unspecified atom stereocenters. The second kappa shape index (κ2) is 6.23. The Labute approximate surface area is 133 Å². The molecule has 3 aromatic rings. The number of carbonyl (C=O) groups excluding carboxylic acids is 1. The first-order chi connectivity index (χ1) is 10.7. The standard InChI is InChI=1S/C17H17N3OS/c1-19(13-8-4-3-5-9-13)16(21)12-22-17-18-14-10-6-7-11-15(14)20(17)2/h3-11H,12H2,1-2H3. The average molecular weight is 311 g/mol. The quantitative estimate of drug-likeness (QED) is 0.694. The molecule has 0 aliphatic heterocycles. The minimum atomic E-state index is 0.0586. The van der Waals surface area contributed by atoms with Gasteiger partial charge in [-0.3, -0.25) is 4.79 Å². The molecule has 1 amide bonds. The van der Waals surface area contributed by atoms with E-state index < -0.39 is 0 Å². The number of thioether (sulfide) groups is 1. The maximum Gasteiger partial charge on any atom is 0.237 e. The van der Waals surface area contributed by atoms with Gasteiger partial charge < -0.3 is 9.47 Å². The van der Waals surface area contributed by atoms with E-state index in [1.165, 1.54) is 11.8 Å². The van der Waals surface area contributed by atoms with E-state index in [1.807, 2.05) is 66.2 Å². The Morgan fingerprint density at radius 3 is 2.55 bits per heavy atom. The van der Waals surface area contributed by atoms with Crippen molar-refractivity contribution in [3.63, 3.8) is 0 Å². The predicted molar refractivity (Wildman–Crippen MR) is 91.3 cm³/mol. The smallest absolute Gasteiger partial charge is 0.237 e. The minimum Gasteiger partial charge on any atom is -0.322 e. The summed E-state index contributed by atoms with van der Waals surface area (Å²) in [7, 11) is 3.77. The zero-order chi connectivity index (χ0) is 15.5. The normalized spacial score (nSPS) is 10.8. The van der Waals surface area contributed by atoms with Crippen molar-refractivity contribution in [2.24, 2.45) is 7.05 Å². The zero-order valence-corrected chi connectivity index (χ0v) is 13.4. The maximum atomic E-state index is 12.3. The van der Waals surface area contributed by atoms with Gasteiger partial charge in [0.2, 0.25) is 5.91 Å². The Morgan fingerprint density at radius 1 is 1.14 bits per heavy atom. The first kappa shape index (κ1) is 14.7. The molecular formula is C17H17N3OS. The van der Waals surface area contributed by atoms with Gasteiger partial charge >= 0.3 is 0 Å². The van der Waals surface area contributed by atoms with Gasteiger partial charge in [0.1, 0.15) is 0 Å². The van der Waals surface area contributed by atoms with Crippen molar-refractivity contribution in [1.82, 2.24) is 9.55 Å². The van der Waals surface area contributed by atoms with E-state index >= 15 is 0 Å². The van der Waals surface area contributed by atoms with Crippen molar-refractivity contribution in [3.05, 3.63) is 54.6 Å². The van der Waals surface area contributed by atoms with Gasteiger partial charge in [0.15, 0.2) is 5.16 Å². The first-order valence-electron chi connectivity index (χ1n) is 7.02. The summed E-state index contributed by atoms with van der Waals surface area (Å²) in [5.74, 6) is 0.422. The Kier molecular flexibility index (Phi) is 4.15. The van der Waals surface area contributed by atoms with Crippen LogP contribution in [-0.2, 0) is 11.8 Å². The van der Waals surface area contributed by atoms with Crippen LogP contribution in [0.1, 0.15) is 0 Å². The van der Waals surface area contributed by atoms with Gasteiger partial charge in [-0.15, -0.1) is 0 Å². The number of hydrogen-bond acceptors (Lipinski definition) is 3. The lowest BCUT2D eigenvalue weighted by Crippen LogP contribution is -2.27. The van der Waals surface area contributed by atoms with Gasteiger partial charge in [0.05, 0.1) is 16.8 Å². The number of rotatable bonds is 4. The number of hydrogen-bond donors (Lipinski definition) is 0. The summed E-state index contributed by atoms with van der Waals surface area (Å²) in [6.07, 6.45) is 0. The molecule has 0 fully saturated rings. The number of aryl methyl sites for hydroxylation is 1. The summed E-state index contributed by atoms with van der Waals surface area (Å²) in [5.41, 5.74) is 2.93. The third-order valence-electron chi connectivity index (χ3n) is 3.59. The Hall–Kier alpha value is -2.27. The van der Waals surface area contributed by atoms with Crippen molar-refractivity contribution in [2.75, 3.05) is 17.7 Å². The van der Waals surface area contributed by atoms with Crippen LogP contribution in [-0.4, -0.2) is 28.3 Å². The van der Waals surface area contributed by atoms with E-state index in [1.54, 1.807) is 11.9 Å². The Morgan fingerprint density at radius 2 is 1.82 bits per heavy atom. The van der Waals surface area contributed by atoms with Gasteiger partial charge in [0.25, 0.3) is 0 Å². The van der Waals surface area contributed by atoms with Gasteiger partial charge in [0, 0.05) is 19.8 Å². The first-order valence-corrected chi connectivity index (χ1v) is 8.01. The van der Waals surface area contributed by atoms with Gasteiger partial charge in [-0.05, 0) is 24.3 Å². The summed E-state index contributed by atoms with van der Waals surface area (Å²) >= 11 is 1.46. The highest BCUT2D eigenvalue weighted by molar-refractivity contribution is 7.99. The highest BCUT2D eigenvalue weighted by atomic mass is 32.2. The largest absolute Gasteiger partial charge is 0.322 e. The summed E-state index contributed by atoms with van der Waals surface area (Å²) in [6.45, 7) is 0. The topological polar surface area (TPSA) is 38.1 Å². The number of anilines is 1. The zero-order valence-electron chi connectivity index (χ0n) is 12.6. The molecular weight excluding hydrogens is 294 g/mol. The molecule has 22 heavy (non-hydrogen) atoms. The monoisotopic (exact) mass is 311 g/mol. The molecule has 5 heteroatoms. The summed E-state index contributed by atoms with van der Waals surface area (Å²) in [4.78, 5) is 18.6. The second-order valence-corrected chi connectivity index (χ2v) is 5.96. The van der Waals surface area contributed by atoms with Crippen LogP contribution in [0.3, 0.4) is 0 Å². The lowest BCUT2D eigenvalue weighted by molar-refractivity contribution is -0.115. The number of nitrogens with zero attached hydrogens (tertiary/aromatic N) is 3. The van der Waals surface area contributed by atoms with Crippen molar-refractivity contribution < 1.29 is 4.79 Å². The van der Waals surface area contributed by atoms with E-state index in [0.29, 0.717) is 5.75 Å². The van der Waals surface area contributed by atoms with Crippen LogP contribution in [0.4, 0.5) is 5.69 Å². The van der Waals surface area contributed by atoms with Crippen molar-refractivity contribution in [3.8, 4) is 0 Å². The van der Waals surface area contributed by atoms with Crippen LogP contribution in [0.5, 0.6) is 0 Å². The van der Waals surface area contributed by atoms with Crippen molar-refractivity contribution in [1.29, 1.82) is 0 Å². The third kappa shape index (κ3) is 2.85. The second-order valence-electron chi connectivity index (χ2n) is 5.02.